The molecule has 5 heteroatoms. The van der Waals surface area contributed by atoms with Gasteiger partial charge in [-0.25, -0.2) is 4.79 Å². The summed E-state index contributed by atoms with van der Waals surface area (Å²) in [6, 6.07) is 12.7. The Kier molecular flexibility index (Phi) is 4.02. The van der Waals surface area contributed by atoms with Crippen molar-refractivity contribution in [2.24, 2.45) is 0 Å². The average molecular weight is 311 g/mol. The molecule has 23 heavy (non-hydrogen) atoms. The summed E-state index contributed by atoms with van der Waals surface area (Å²) in [6.45, 7) is 1.92. The highest BCUT2D eigenvalue weighted by atomic mass is 16.5. The number of benzene rings is 2. The summed E-state index contributed by atoms with van der Waals surface area (Å²) in [5.41, 5.74) is 2.89. The molecule has 0 aliphatic carbocycles. The van der Waals surface area contributed by atoms with Crippen LogP contribution in [-0.4, -0.2) is 25.1 Å². The molecule has 1 aliphatic rings. The third-order valence-electron chi connectivity index (χ3n) is 3.80. The summed E-state index contributed by atoms with van der Waals surface area (Å²) in [7, 11) is 1.54. The number of nitrogens with one attached hydrogen (secondary N) is 1. The maximum absolute atomic E-state index is 12.5. The number of fused-ring (bicyclic) bond motifs is 1. The van der Waals surface area contributed by atoms with Gasteiger partial charge in [-0.15, -0.1) is 0 Å². The predicted octanol–water partition coefficient (Wildman–Crippen LogP) is 2.72. The smallest absolute Gasteiger partial charge is 0.339 e. The van der Waals surface area contributed by atoms with Gasteiger partial charge in [0, 0.05) is 6.42 Å². The maximum atomic E-state index is 12.5. The third-order valence-corrected chi connectivity index (χ3v) is 3.80. The highest BCUT2D eigenvalue weighted by molar-refractivity contribution is 6.00. The SMILES string of the molecule is COc1ccc(C)cc1NC(=O)C1Cc2ccccc2C(=O)O1. The van der Waals surface area contributed by atoms with Gasteiger partial charge in [0.1, 0.15) is 5.75 Å². The van der Waals surface area contributed by atoms with Crippen molar-refractivity contribution in [3.8, 4) is 5.75 Å². The summed E-state index contributed by atoms with van der Waals surface area (Å²) >= 11 is 0. The minimum Gasteiger partial charge on any atom is -0.495 e. The average Bonchev–Trinajstić information content (AvgIpc) is 2.55. The second-order valence-electron chi connectivity index (χ2n) is 5.45. The fraction of sp³-hybridized carbons (Fsp3) is 0.222. The summed E-state index contributed by atoms with van der Waals surface area (Å²) in [4.78, 5) is 24.5. The number of ether oxygens (including phenoxy) is 2. The first-order valence-corrected chi connectivity index (χ1v) is 7.33. The molecule has 0 spiro atoms. The normalized spacial score (nSPS) is 16.3. The standard InChI is InChI=1S/C18H17NO4/c1-11-7-8-15(22-2)14(9-11)19-17(20)16-10-12-5-3-4-6-13(12)18(21)23-16/h3-9,16H,10H2,1-2H3,(H,19,20). The molecule has 0 saturated heterocycles. The molecule has 2 aromatic carbocycles. The van der Waals surface area contributed by atoms with Crippen LogP contribution in [0.1, 0.15) is 21.5 Å². The van der Waals surface area contributed by atoms with Crippen LogP contribution in [-0.2, 0) is 16.0 Å². The number of cyclic esters (lactones) is 1. The van der Waals surface area contributed by atoms with Crippen molar-refractivity contribution < 1.29 is 19.1 Å². The van der Waals surface area contributed by atoms with Gasteiger partial charge in [-0.1, -0.05) is 24.3 Å². The molecule has 0 fully saturated rings. The molecular weight excluding hydrogens is 294 g/mol. The first-order chi connectivity index (χ1) is 11.1. The quantitative estimate of drug-likeness (QED) is 0.885. The molecule has 3 rings (SSSR count). The number of methoxy groups -OCH3 is 1. The van der Waals surface area contributed by atoms with Crippen LogP contribution in [0.5, 0.6) is 5.75 Å². The van der Waals surface area contributed by atoms with Crippen molar-refractivity contribution in [2.75, 3.05) is 12.4 Å². The number of carbonyl (C=O) groups is 2. The van der Waals surface area contributed by atoms with Gasteiger partial charge in [-0.3, -0.25) is 4.79 Å². The number of hydrogen-bond donors (Lipinski definition) is 1. The van der Waals surface area contributed by atoms with Gasteiger partial charge in [-0.2, -0.15) is 0 Å². The molecular formula is C18H17NO4. The van der Waals surface area contributed by atoms with Gasteiger partial charge in [0.05, 0.1) is 18.4 Å². The summed E-state index contributed by atoms with van der Waals surface area (Å²) in [5.74, 6) is -0.272. The van der Waals surface area contributed by atoms with Gasteiger partial charge < -0.3 is 14.8 Å². The molecule has 2 aromatic rings. The third kappa shape index (κ3) is 3.04. The molecule has 118 valence electrons. The van der Waals surface area contributed by atoms with Crippen molar-refractivity contribution >= 4 is 17.6 Å². The van der Waals surface area contributed by atoms with E-state index >= 15 is 0 Å². The van der Waals surface area contributed by atoms with Crippen LogP contribution in [0, 0.1) is 6.92 Å². The lowest BCUT2D eigenvalue weighted by Gasteiger charge is -2.24. The van der Waals surface area contributed by atoms with Crippen LogP contribution >= 0.6 is 0 Å². The van der Waals surface area contributed by atoms with E-state index in [0.717, 1.165) is 11.1 Å². The molecule has 5 nitrogen and oxygen atoms in total. The van der Waals surface area contributed by atoms with E-state index in [0.29, 0.717) is 23.4 Å². The number of rotatable bonds is 3. The highest BCUT2D eigenvalue weighted by Gasteiger charge is 2.31. The minimum absolute atomic E-state index is 0.363. The van der Waals surface area contributed by atoms with E-state index in [2.05, 4.69) is 5.32 Å². The van der Waals surface area contributed by atoms with E-state index < -0.39 is 12.1 Å². The molecule has 0 aromatic heterocycles. The van der Waals surface area contributed by atoms with Crippen LogP contribution in [0.4, 0.5) is 5.69 Å². The molecule has 0 saturated carbocycles. The molecule has 1 N–H and O–H groups in total. The van der Waals surface area contributed by atoms with Crippen LogP contribution < -0.4 is 10.1 Å². The van der Waals surface area contributed by atoms with Crippen molar-refractivity contribution in [1.82, 2.24) is 0 Å². The number of amides is 1. The topological polar surface area (TPSA) is 64.6 Å². The van der Waals surface area contributed by atoms with E-state index in [4.69, 9.17) is 9.47 Å². The molecule has 0 radical (unpaired) electrons. The Hall–Kier alpha value is -2.82. The number of aryl methyl sites for hydroxylation is 1. The Morgan fingerprint density at radius 3 is 2.83 bits per heavy atom. The second-order valence-corrected chi connectivity index (χ2v) is 5.45. The van der Waals surface area contributed by atoms with Gasteiger partial charge in [0.2, 0.25) is 0 Å². The zero-order valence-corrected chi connectivity index (χ0v) is 13.0. The van der Waals surface area contributed by atoms with Crippen LogP contribution in [0.2, 0.25) is 0 Å². The molecule has 1 atom stereocenters. The molecule has 1 heterocycles. The van der Waals surface area contributed by atoms with Crippen LogP contribution in [0.15, 0.2) is 42.5 Å². The number of carbonyl (C=O) groups excluding carboxylic acids is 2. The van der Waals surface area contributed by atoms with Crippen molar-refractivity contribution in [1.29, 1.82) is 0 Å². The Labute approximate surface area is 134 Å². The second kappa shape index (κ2) is 6.12. The number of anilines is 1. The van der Waals surface area contributed by atoms with Gasteiger partial charge in [0.25, 0.3) is 5.91 Å². The maximum Gasteiger partial charge on any atom is 0.339 e. The van der Waals surface area contributed by atoms with Crippen molar-refractivity contribution in [3.63, 3.8) is 0 Å². The van der Waals surface area contributed by atoms with E-state index in [1.165, 1.54) is 7.11 Å². The minimum atomic E-state index is -0.845. The highest BCUT2D eigenvalue weighted by Crippen LogP contribution is 2.27. The lowest BCUT2D eigenvalue weighted by molar-refractivity contribution is -0.125. The van der Waals surface area contributed by atoms with Crippen molar-refractivity contribution in [3.05, 3.63) is 59.2 Å². The van der Waals surface area contributed by atoms with Gasteiger partial charge >= 0.3 is 5.97 Å². The zero-order valence-electron chi connectivity index (χ0n) is 13.0. The number of hydrogen-bond acceptors (Lipinski definition) is 4. The lowest BCUT2D eigenvalue weighted by Crippen LogP contribution is -2.38. The fourth-order valence-corrected chi connectivity index (χ4v) is 2.61. The Balaban J connectivity index is 1.80. The summed E-state index contributed by atoms with van der Waals surface area (Å²) in [5, 5.41) is 2.78. The van der Waals surface area contributed by atoms with Crippen LogP contribution in [0.25, 0.3) is 0 Å². The lowest BCUT2D eigenvalue weighted by atomic mass is 9.98. The Bertz CT molecular complexity index is 769. The van der Waals surface area contributed by atoms with Gasteiger partial charge in [0.15, 0.2) is 6.10 Å². The summed E-state index contributed by atoms with van der Waals surface area (Å²) in [6.07, 6.45) is -0.482. The molecule has 1 unspecified atom stereocenters. The summed E-state index contributed by atoms with van der Waals surface area (Å²) < 4.78 is 10.5. The van der Waals surface area contributed by atoms with Gasteiger partial charge in [-0.05, 0) is 36.2 Å². The largest absolute Gasteiger partial charge is 0.495 e. The van der Waals surface area contributed by atoms with E-state index in [1.54, 1.807) is 18.2 Å². The first-order valence-electron chi connectivity index (χ1n) is 7.33. The molecule has 1 aliphatic heterocycles. The van der Waals surface area contributed by atoms with Crippen LogP contribution in [0.3, 0.4) is 0 Å². The van der Waals surface area contributed by atoms with Crippen molar-refractivity contribution in [2.45, 2.75) is 19.4 Å². The Morgan fingerprint density at radius 2 is 2.04 bits per heavy atom. The van der Waals surface area contributed by atoms with E-state index in [1.807, 2.05) is 31.2 Å². The Morgan fingerprint density at radius 1 is 1.26 bits per heavy atom. The molecule has 0 bridgehead atoms. The molecule has 1 amide bonds. The predicted molar refractivity (Wildman–Crippen MR) is 85.7 cm³/mol. The number of esters is 1. The zero-order chi connectivity index (χ0) is 16.4. The van der Waals surface area contributed by atoms with E-state index in [-0.39, 0.29) is 5.91 Å². The van der Waals surface area contributed by atoms with E-state index in [9.17, 15) is 9.59 Å². The first kappa shape index (κ1) is 15.1. The monoisotopic (exact) mass is 311 g/mol. The fourth-order valence-electron chi connectivity index (χ4n) is 2.61.